The Kier molecular flexibility index (Phi) is 4.42. The van der Waals surface area contributed by atoms with Crippen molar-refractivity contribution in [1.82, 2.24) is 5.32 Å². The maximum Gasteiger partial charge on any atom is 0.573 e. The molecule has 0 spiro atoms. The van der Waals surface area contributed by atoms with Crippen LogP contribution in [-0.4, -0.2) is 31.5 Å². The fourth-order valence-electron chi connectivity index (χ4n) is 2.40. The molecule has 1 aliphatic heterocycles. The summed E-state index contributed by atoms with van der Waals surface area (Å²) < 4.78 is 40.2. The van der Waals surface area contributed by atoms with Crippen molar-refractivity contribution in [2.24, 2.45) is 0 Å². The van der Waals surface area contributed by atoms with Gasteiger partial charge in [-0.15, -0.1) is 13.2 Å². The van der Waals surface area contributed by atoms with Gasteiger partial charge in [-0.3, -0.25) is 0 Å². The van der Waals surface area contributed by atoms with Crippen LogP contribution in [0.3, 0.4) is 0 Å². The Hall–Kier alpha value is -1.43. The first-order valence-electron chi connectivity index (χ1n) is 6.75. The van der Waals surface area contributed by atoms with Gasteiger partial charge in [0.05, 0.1) is 0 Å². The quantitative estimate of drug-likeness (QED) is 0.924. The van der Waals surface area contributed by atoms with E-state index in [1.807, 2.05) is 0 Å². The fraction of sp³-hybridized carbons (Fsp3) is 0.571. The molecule has 20 heavy (non-hydrogen) atoms. The second-order valence-corrected chi connectivity index (χ2v) is 5.06. The molecule has 112 valence electrons. The zero-order valence-corrected chi connectivity index (χ0v) is 11.6. The molecule has 1 aliphatic rings. The summed E-state index contributed by atoms with van der Waals surface area (Å²) in [6.45, 7) is 5.95. The summed E-state index contributed by atoms with van der Waals surface area (Å²) in [7, 11) is 0. The number of nitrogens with one attached hydrogen (secondary N) is 1. The summed E-state index contributed by atoms with van der Waals surface area (Å²) in [5.74, 6) is -0.184. The van der Waals surface area contributed by atoms with Gasteiger partial charge in [-0.1, -0.05) is 6.92 Å². The Morgan fingerprint density at radius 3 is 2.50 bits per heavy atom. The van der Waals surface area contributed by atoms with Gasteiger partial charge in [0.2, 0.25) is 0 Å². The smallest absolute Gasteiger partial charge is 0.406 e. The highest BCUT2D eigenvalue weighted by atomic mass is 19.4. The average Bonchev–Trinajstić information content (AvgIpc) is 2.39. The van der Waals surface area contributed by atoms with Crippen LogP contribution in [0.4, 0.5) is 18.9 Å². The summed E-state index contributed by atoms with van der Waals surface area (Å²) >= 11 is 0. The summed E-state index contributed by atoms with van der Waals surface area (Å²) in [5.41, 5.74) is 0.923. The predicted octanol–water partition coefficient (Wildman–Crippen LogP) is 3.16. The number of hydrogen-bond acceptors (Lipinski definition) is 3. The van der Waals surface area contributed by atoms with E-state index in [2.05, 4.69) is 28.8 Å². The molecule has 3 nitrogen and oxygen atoms in total. The van der Waals surface area contributed by atoms with E-state index >= 15 is 0 Å². The van der Waals surface area contributed by atoms with Gasteiger partial charge in [-0.05, 0) is 37.6 Å². The molecule has 1 saturated heterocycles. The lowest BCUT2D eigenvalue weighted by molar-refractivity contribution is -0.274. The van der Waals surface area contributed by atoms with Crippen molar-refractivity contribution < 1.29 is 17.9 Å². The second kappa shape index (κ2) is 5.91. The van der Waals surface area contributed by atoms with Gasteiger partial charge in [0.15, 0.2) is 0 Å². The largest absolute Gasteiger partial charge is 0.573 e. The molecular formula is C14H19F3N2O. The first-order chi connectivity index (χ1) is 9.39. The van der Waals surface area contributed by atoms with Crippen LogP contribution >= 0.6 is 0 Å². The topological polar surface area (TPSA) is 24.5 Å². The Morgan fingerprint density at radius 1 is 1.30 bits per heavy atom. The lowest BCUT2D eigenvalue weighted by atomic mass is 10.1. The van der Waals surface area contributed by atoms with Gasteiger partial charge in [-0.25, -0.2) is 0 Å². The van der Waals surface area contributed by atoms with E-state index in [0.717, 1.165) is 25.2 Å². The van der Waals surface area contributed by atoms with Crippen molar-refractivity contribution in [1.29, 1.82) is 0 Å². The third kappa shape index (κ3) is 3.79. The summed E-state index contributed by atoms with van der Waals surface area (Å²) in [5, 5.41) is 3.45. The molecule has 0 aromatic heterocycles. The van der Waals surface area contributed by atoms with Crippen molar-refractivity contribution >= 4 is 5.69 Å². The zero-order chi connectivity index (χ0) is 14.8. The van der Waals surface area contributed by atoms with Crippen LogP contribution < -0.4 is 15.0 Å². The standard InChI is InChI=1S/C14H19F3N2O/c1-3-11-9-19(10(2)8-18-11)12-4-6-13(7-5-12)20-14(15,16)17/h4-7,10-11,18H,3,8-9H2,1-2H3. The minimum absolute atomic E-state index is 0.184. The molecule has 0 radical (unpaired) electrons. The molecule has 0 aliphatic carbocycles. The average molecular weight is 288 g/mol. The molecular weight excluding hydrogens is 269 g/mol. The number of ether oxygens (including phenoxy) is 1. The molecule has 1 N–H and O–H groups in total. The van der Waals surface area contributed by atoms with Crippen molar-refractivity contribution in [2.45, 2.75) is 38.7 Å². The fourth-order valence-corrected chi connectivity index (χ4v) is 2.40. The molecule has 0 saturated carbocycles. The predicted molar refractivity (Wildman–Crippen MR) is 72.0 cm³/mol. The molecule has 0 bridgehead atoms. The first-order valence-corrected chi connectivity index (χ1v) is 6.75. The Bertz CT molecular complexity index is 433. The number of halogens is 3. The number of piperazine rings is 1. The number of hydrogen-bond donors (Lipinski definition) is 1. The third-order valence-corrected chi connectivity index (χ3v) is 3.55. The molecule has 2 unspecified atom stereocenters. The maximum atomic E-state index is 12.1. The number of alkyl halides is 3. The van der Waals surface area contributed by atoms with E-state index < -0.39 is 6.36 Å². The van der Waals surface area contributed by atoms with Crippen molar-refractivity contribution in [3.05, 3.63) is 24.3 Å². The highest BCUT2D eigenvalue weighted by Gasteiger charge is 2.31. The zero-order valence-electron chi connectivity index (χ0n) is 11.6. The molecule has 2 atom stereocenters. The lowest BCUT2D eigenvalue weighted by Crippen LogP contribution is -2.55. The van der Waals surface area contributed by atoms with E-state index in [9.17, 15) is 13.2 Å². The summed E-state index contributed by atoms with van der Waals surface area (Å²) in [6.07, 6.45) is -3.62. The second-order valence-electron chi connectivity index (χ2n) is 5.06. The van der Waals surface area contributed by atoms with Gasteiger partial charge >= 0.3 is 6.36 Å². The molecule has 1 fully saturated rings. The third-order valence-electron chi connectivity index (χ3n) is 3.55. The van der Waals surface area contributed by atoms with Crippen LogP contribution in [0.1, 0.15) is 20.3 Å². The van der Waals surface area contributed by atoms with Gasteiger partial charge in [0.1, 0.15) is 5.75 Å². The van der Waals surface area contributed by atoms with E-state index in [4.69, 9.17) is 0 Å². The number of anilines is 1. The van der Waals surface area contributed by atoms with E-state index in [1.54, 1.807) is 12.1 Å². The van der Waals surface area contributed by atoms with Gasteiger partial charge in [0.25, 0.3) is 0 Å². The molecule has 0 amide bonds. The molecule has 1 heterocycles. The first kappa shape index (κ1) is 15.0. The number of benzene rings is 1. The minimum Gasteiger partial charge on any atom is -0.406 e. The molecule has 6 heteroatoms. The van der Waals surface area contributed by atoms with Gasteiger partial charge in [-0.2, -0.15) is 0 Å². The van der Waals surface area contributed by atoms with Gasteiger partial charge in [0, 0.05) is 30.9 Å². The summed E-state index contributed by atoms with van der Waals surface area (Å²) in [6, 6.07) is 6.80. The Labute approximate surface area is 116 Å². The number of nitrogens with zero attached hydrogens (tertiary/aromatic N) is 1. The van der Waals surface area contributed by atoms with E-state index in [1.165, 1.54) is 12.1 Å². The Morgan fingerprint density at radius 2 is 1.95 bits per heavy atom. The monoisotopic (exact) mass is 288 g/mol. The molecule has 1 aromatic rings. The van der Waals surface area contributed by atoms with Crippen molar-refractivity contribution in [3.8, 4) is 5.75 Å². The van der Waals surface area contributed by atoms with Crippen LogP contribution in [0, 0.1) is 0 Å². The minimum atomic E-state index is -4.64. The SMILES string of the molecule is CCC1CN(c2ccc(OC(F)(F)F)cc2)C(C)CN1. The van der Waals surface area contributed by atoms with Crippen LogP contribution in [0.15, 0.2) is 24.3 Å². The highest BCUT2D eigenvalue weighted by molar-refractivity contribution is 5.50. The van der Waals surface area contributed by atoms with Crippen LogP contribution in [0.25, 0.3) is 0 Å². The van der Waals surface area contributed by atoms with Crippen LogP contribution in [0.5, 0.6) is 5.75 Å². The summed E-state index contributed by atoms with van der Waals surface area (Å²) in [4.78, 5) is 2.21. The van der Waals surface area contributed by atoms with Gasteiger partial charge < -0.3 is 15.0 Å². The van der Waals surface area contributed by atoms with Crippen LogP contribution in [-0.2, 0) is 0 Å². The van der Waals surface area contributed by atoms with Crippen molar-refractivity contribution in [2.75, 3.05) is 18.0 Å². The van der Waals surface area contributed by atoms with Crippen LogP contribution in [0.2, 0.25) is 0 Å². The lowest BCUT2D eigenvalue weighted by Gasteiger charge is -2.40. The highest BCUT2D eigenvalue weighted by Crippen LogP contribution is 2.27. The van der Waals surface area contributed by atoms with Crippen molar-refractivity contribution in [3.63, 3.8) is 0 Å². The maximum absolute atomic E-state index is 12.1. The normalized spacial score (nSPS) is 23.8. The molecule has 2 rings (SSSR count). The van der Waals surface area contributed by atoms with E-state index in [-0.39, 0.29) is 5.75 Å². The van der Waals surface area contributed by atoms with E-state index in [0.29, 0.717) is 12.1 Å². The molecule has 1 aromatic carbocycles. The number of rotatable bonds is 3. The Balaban J connectivity index is 2.08.